The summed E-state index contributed by atoms with van der Waals surface area (Å²) in [5, 5.41) is 9.16. The molecule has 0 bridgehead atoms. The van der Waals surface area contributed by atoms with Gasteiger partial charge in [-0.2, -0.15) is 0 Å². The second-order valence-electron chi connectivity index (χ2n) is 5.64. The number of nitrogens with zero attached hydrogens (tertiary/aromatic N) is 1. The van der Waals surface area contributed by atoms with Gasteiger partial charge in [-0.1, -0.05) is 0 Å². The molecule has 0 aromatic heterocycles. The number of rotatable bonds is 3. The maximum atomic E-state index is 11.8. The molecule has 6 nitrogen and oxygen atoms in total. The second-order valence-corrected chi connectivity index (χ2v) is 5.64. The number of carboxylic acids is 1. The van der Waals surface area contributed by atoms with Crippen LogP contribution >= 0.6 is 0 Å². The van der Waals surface area contributed by atoms with Crippen LogP contribution in [-0.4, -0.2) is 61.1 Å². The van der Waals surface area contributed by atoms with Gasteiger partial charge in [0, 0.05) is 12.8 Å². The lowest BCUT2D eigenvalue weighted by Gasteiger charge is -2.32. The molecule has 1 saturated heterocycles. The van der Waals surface area contributed by atoms with Crippen molar-refractivity contribution in [3.63, 3.8) is 0 Å². The number of hydrogen-bond acceptors (Lipinski definition) is 4. The Bertz CT molecular complexity index is 358. The van der Waals surface area contributed by atoms with Gasteiger partial charge in [0.1, 0.15) is 6.54 Å². The molecule has 1 N–H and O–H groups in total. The lowest BCUT2D eigenvalue weighted by atomic mass is 9.92. The molecule has 0 amide bonds. The fourth-order valence-electron chi connectivity index (χ4n) is 2.04. The van der Waals surface area contributed by atoms with Gasteiger partial charge in [-0.05, 0) is 6.42 Å². The Hall–Kier alpha value is -1.43. The Balaban J connectivity index is 2.96. The van der Waals surface area contributed by atoms with Crippen LogP contribution in [0.25, 0.3) is 0 Å². The summed E-state index contributed by atoms with van der Waals surface area (Å²) in [4.78, 5) is 34.5. The van der Waals surface area contributed by atoms with Crippen LogP contribution < -0.4 is 0 Å². The molecule has 102 valence electrons. The van der Waals surface area contributed by atoms with Crippen molar-refractivity contribution < 1.29 is 28.7 Å². The van der Waals surface area contributed by atoms with Gasteiger partial charge in [-0.3, -0.25) is 14.4 Å². The minimum atomic E-state index is -1.24. The standard InChI is InChI=1S/C12H19NO5/c1-13(2,3)7-9-11(12(16)17)8(14)5-4-6-10(15)18-9/h9,11H,4-7H2,1-3H3/p+1. The lowest BCUT2D eigenvalue weighted by Crippen LogP contribution is -2.50. The molecule has 0 aromatic rings. The first-order valence-electron chi connectivity index (χ1n) is 5.96. The van der Waals surface area contributed by atoms with Crippen molar-refractivity contribution >= 4 is 17.7 Å². The number of ketones is 1. The van der Waals surface area contributed by atoms with Gasteiger partial charge in [0.2, 0.25) is 0 Å². The summed E-state index contributed by atoms with van der Waals surface area (Å²) in [6, 6.07) is 0. The highest BCUT2D eigenvalue weighted by molar-refractivity contribution is 5.99. The van der Waals surface area contributed by atoms with E-state index in [4.69, 9.17) is 9.84 Å². The van der Waals surface area contributed by atoms with Gasteiger partial charge < -0.3 is 14.3 Å². The van der Waals surface area contributed by atoms with Gasteiger partial charge in [-0.25, -0.2) is 0 Å². The van der Waals surface area contributed by atoms with Crippen molar-refractivity contribution in [2.45, 2.75) is 25.4 Å². The van der Waals surface area contributed by atoms with E-state index in [9.17, 15) is 14.4 Å². The number of carbonyl (C=O) groups excluding carboxylic acids is 2. The van der Waals surface area contributed by atoms with Crippen molar-refractivity contribution in [3.05, 3.63) is 0 Å². The molecule has 0 saturated carbocycles. The van der Waals surface area contributed by atoms with Gasteiger partial charge in [0.25, 0.3) is 0 Å². The average Bonchev–Trinajstić information content (AvgIpc) is 2.11. The number of ether oxygens (including phenoxy) is 1. The van der Waals surface area contributed by atoms with Crippen LogP contribution in [0.1, 0.15) is 19.3 Å². The minimum absolute atomic E-state index is 0.125. The van der Waals surface area contributed by atoms with Crippen LogP contribution in [0.15, 0.2) is 0 Å². The van der Waals surface area contributed by atoms with Crippen molar-refractivity contribution in [3.8, 4) is 0 Å². The molecule has 1 heterocycles. The topological polar surface area (TPSA) is 80.7 Å². The van der Waals surface area contributed by atoms with Gasteiger partial charge in [-0.15, -0.1) is 0 Å². The molecule has 0 spiro atoms. The maximum absolute atomic E-state index is 11.8. The summed E-state index contributed by atoms with van der Waals surface area (Å²) in [6.07, 6.45) is -0.230. The SMILES string of the molecule is C[N+](C)(C)CC1OC(=O)CCCC(=O)C1C(=O)O. The molecule has 6 heteroatoms. The molecule has 2 unspecified atom stereocenters. The number of carbonyl (C=O) groups is 3. The number of cyclic esters (lactones) is 1. The monoisotopic (exact) mass is 258 g/mol. The van der Waals surface area contributed by atoms with Crippen molar-refractivity contribution in [2.75, 3.05) is 27.7 Å². The van der Waals surface area contributed by atoms with E-state index in [1.54, 1.807) is 0 Å². The predicted octanol–water partition coefficient (Wildman–Crippen LogP) is 0.0582. The number of carboxylic acid groups (broad SMARTS) is 1. The Morgan fingerprint density at radius 2 is 1.94 bits per heavy atom. The zero-order valence-electron chi connectivity index (χ0n) is 11.0. The van der Waals surface area contributed by atoms with Crippen molar-refractivity contribution in [1.82, 2.24) is 0 Å². The smallest absolute Gasteiger partial charge is 0.318 e. The summed E-state index contributed by atoms with van der Waals surface area (Å²) in [7, 11) is 5.57. The van der Waals surface area contributed by atoms with Crippen LogP contribution in [-0.2, 0) is 19.1 Å². The van der Waals surface area contributed by atoms with Crippen LogP contribution in [0, 0.1) is 5.92 Å². The Morgan fingerprint density at radius 3 is 2.44 bits per heavy atom. The van der Waals surface area contributed by atoms with E-state index in [1.165, 1.54) is 0 Å². The first-order valence-corrected chi connectivity index (χ1v) is 5.96. The zero-order valence-corrected chi connectivity index (χ0v) is 11.0. The number of esters is 1. The van der Waals surface area contributed by atoms with E-state index in [0.29, 0.717) is 17.4 Å². The summed E-state index contributed by atoms with van der Waals surface area (Å²) >= 11 is 0. The Morgan fingerprint density at radius 1 is 1.33 bits per heavy atom. The molecule has 1 rings (SSSR count). The summed E-state index contributed by atoms with van der Waals surface area (Å²) < 4.78 is 5.58. The first-order chi connectivity index (χ1) is 8.20. The van der Waals surface area contributed by atoms with Gasteiger partial charge in [0.05, 0.1) is 21.1 Å². The molecular formula is C12H20NO5+. The lowest BCUT2D eigenvalue weighted by molar-refractivity contribution is -0.873. The average molecular weight is 258 g/mol. The van der Waals surface area contributed by atoms with Crippen LogP contribution in [0.2, 0.25) is 0 Å². The number of quaternary nitrogens is 1. The predicted molar refractivity (Wildman–Crippen MR) is 62.8 cm³/mol. The van der Waals surface area contributed by atoms with Crippen LogP contribution in [0.5, 0.6) is 0 Å². The fraction of sp³-hybridized carbons (Fsp3) is 0.750. The highest BCUT2D eigenvalue weighted by Gasteiger charge is 2.41. The molecule has 2 atom stereocenters. The normalized spacial score (nSPS) is 26.2. The quantitative estimate of drug-likeness (QED) is 0.440. The summed E-state index contributed by atoms with van der Waals surface area (Å²) in [5.41, 5.74) is 0. The third-order valence-electron chi connectivity index (χ3n) is 2.80. The van der Waals surface area contributed by atoms with E-state index in [0.717, 1.165) is 0 Å². The van der Waals surface area contributed by atoms with E-state index in [1.807, 2.05) is 21.1 Å². The van der Waals surface area contributed by atoms with Crippen LogP contribution in [0.4, 0.5) is 0 Å². The summed E-state index contributed by atoms with van der Waals surface area (Å²) in [6.45, 7) is 0.300. The fourth-order valence-corrected chi connectivity index (χ4v) is 2.04. The molecule has 18 heavy (non-hydrogen) atoms. The molecule has 0 aromatic carbocycles. The summed E-state index contributed by atoms with van der Waals surface area (Å²) in [5.74, 6) is -3.24. The zero-order chi connectivity index (χ0) is 13.9. The molecule has 0 aliphatic carbocycles. The maximum Gasteiger partial charge on any atom is 0.318 e. The molecule has 1 aliphatic rings. The van der Waals surface area contributed by atoms with Crippen molar-refractivity contribution in [2.24, 2.45) is 5.92 Å². The third kappa shape index (κ3) is 4.10. The van der Waals surface area contributed by atoms with E-state index in [2.05, 4.69) is 0 Å². The minimum Gasteiger partial charge on any atom is -0.481 e. The van der Waals surface area contributed by atoms with Gasteiger partial charge >= 0.3 is 11.9 Å². The molecule has 0 radical (unpaired) electrons. The highest BCUT2D eigenvalue weighted by Crippen LogP contribution is 2.20. The highest BCUT2D eigenvalue weighted by atomic mass is 16.5. The third-order valence-corrected chi connectivity index (χ3v) is 2.80. The Kier molecular flexibility index (Phi) is 4.45. The van der Waals surface area contributed by atoms with Gasteiger partial charge in [0.15, 0.2) is 17.8 Å². The van der Waals surface area contributed by atoms with E-state index < -0.39 is 24.0 Å². The largest absolute Gasteiger partial charge is 0.481 e. The van der Waals surface area contributed by atoms with Crippen molar-refractivity contribution in [1.29, 1.82) is 0 Å². The van der Waals surface area contributed by atoms with E-state index >= 15 is 0 Å². The number of aliphatic carboxylic acids is 1. The van der Waals surface area contributed by atoms with E-state index in [-0.39, 0.29) is 18.6 Å². The molecular weight excluding hydrogens is 238 g/mol. The molecule has 1 fully saturated rings. The first kappa shape index (κ1) is 14.6. The number of Topliss-reactive ketones (excluding diaryl/α,β-unsaturated/α-hetero) is 1. The van der Waals surface area contributed by atoms with Crippen LogP contribution in [0.3, 0.4) is 0 Å². The number of likely N-dealkylation sites (N-methyl/N-ethyl adjacent to an activating group) is 1. The molecule has 1 aliphatic heterocycles. The Labute approximate surface area is 106 Å². The second kappa shape index (κ2) is 5.48. The number of hydrogen-bond donors (Lipinski definition) is 1.